The summed E-state index contributed by atoms with van der Waals surface area (Å²) < 4.78 is 14.2. The third-order valence-electron chi connectivity index (χ3n) is 8.82. The quantitative estimate of drug-likeness (QED) is 0.0402. The Balaban J connectivity index is 0.000000869. The van der Waals surface area contributed by atoms with Crippen molar-refractivity contribution in [2.24, 2.45) is 0 Å². The molecule has 8 rings (SSSR count). The van der Waals surface area contributed by atoms with Gasteiger partial charge in [0, 0.05) is 120 Å². The fourth-order valence-electron chi connectivity index (χ4n) is 5.60. The summed E-state index contributed by atoms with van der Waals surface area (Å²) in [4.78, 5) is 16.7. The van der Waals surface area contributed by atoms with Crippen molar-refractivity contribution in [2.45, 2.75) is 40.6 Å². The van der Waals surface area contributed by atoms with Crippen LogP contribution in [0.1, 0.15) is 37.1 Å². The van der Waals surface area contributed by atoms with E-state index in [0.717, 1.165) is 67.6 Å². The summed E-state index contributed by atoms with van der Waals surface area (Å²) in [6, 6.07) is 43.9. The zero-order chi connectivity index (χ0) is 52.6. The zero-order valence-electron chi connectivity index (χ0n) is 37.8. The molecule has 390 valence electrons. The van der Waals surface area contributed by atoms with Gasteiger partial charge in [-0.1, -0.05) is 146 Å². The summed E-state index contributed by atoms with van der Waals surface area (Å²) in [5.74, 6) is 0.464. The predicted octanol–water partition coefficient (Wildman–Crippen LogP) is 13.8. The highest BCUT2D eigenvalue weighted by Gasteiger charge is 2.09. The van der Waals surface area contributed by atoms with Crippen LogP contribution in [0.3, 0.4) is 0 Å². The molecule has 8 aromatic rings. The number of aliphatic hydroxyl groups excluding tert-OH is 3. The van der Waals surface area contributed by atoms with Crippen LogP contribution in [-0.4, -0.2) is 70.9 Å². The van der Waals surface area contributed by atoms with Crippen molar-refractivity contribution in [3.8, 4) is 33.8 Å². The molecule has 11 nitrogen and oxygen atoms in total. The number of benzene rings is 4. The number of aliphatic hydroxyl groups is 3. The minimum atomic E-state index is -1.67. The Bertz CT molecular complexity index is 2650. The maximum absolute atomic E-state index is 9.17. The van der Waals surface area contributed by atoms with Gasteiger partial charge in [-0.15, -0.1) is 11.6 Å². The van der Waals surface area contributed by atoms with Crippen LogP contribution in [0.5, 0.6) is 0 Å². The van der Waals surface area contributed by atoms with E-state index in [9.17, 15) is 0 Å². The van der Waals surface area contributed by atoms with Crippen LogP contribution in [0.25, 0.3) is 33.8 Å². The highest BCUT2D eigenvalue weighted by Crippen LogP contribution is 2.26. The van der Waals surface area contributed by atoms with Gasteiger partial charge in [-0.25, -0.2) is 9.19 Å². The summed E-state index contributed by atoms with van der Waals surface area (Å²) in [6.07, 6.45) is 6.84. The van der Waals surface area contributed by atoms with Crippen LogP contribution in [0, 0.1) is 0 Å². The highest BCUT2D eigenvalue weighted by atomic mass is 36.0. The molecule has 0 amide bonds. The number of hydrogen-bond donors (Lipinski definition) is 5. The van der Waals surface area contributed by atoms with Gasteiger partial charge in [-0.3, -0.25) is 15.0 Å². The van der Waals surface area contributed by atoms with E-state index in [4.69, 9.17) is 104 Å². The summed E-state index contributed by atoms with van der Waals surface area (Å²) in [5.41, 5.74) is 9.76. The largest absolute Gasteiger partial charge is 0.488 e. The first-order valence-electron chi connectivity index (χ1n) is 20.5. The van der Waals surface area contributed by atoms with Gasteiger partial charge in [-0.05, 0) is 83.8 Å². The first-order chi connectivity index (χ1) is 34.2. The third kappa shape index (κ3) is 26.7. The van der Waals surface area contributed by atoms with Crippen molar-refractivity contribution < 1.29 is 34.3 Å². The number of hydrogen-bond acceptors (Lipinski definition) is 11. The maximum Gasteiger partial charge on any atom is 0.488 e. The molecule has 0 fully saturated rings. The van der Waals surface area contributed by atoms with Crippen molar-refractivity contribution in [3.63, 3.8) is 0 Å². The van der Waals surface area contributed by atoms with E-state index in [0.29, 0.717) is 38.7 Å². The normalized spacial score (nSPS) is 9.53. The SMILES string of the molecule is C.C.CO.COCc1cccnc1-c1ccc(Cl)cc1.ClCc1cccnc1-c1ccc(Cl)cc1.O=S(Cl)Cl.OB(O)c1ccc(Cl)cc1.OCc1cccnc1-c1ccc(Cl)cc1.OCc1cccnc1Cl. The van der Waals surface area contributed by atoms with E-state index in [1.165, 1.54) is 0 Å². The molecule has 0 saturated carbocycles. The van der Waals surface area contributed by atoms with E-state index in [1.807, 2.05) is 109 Å². The number of halogens is 8. The van der Waals surface area contributed by atoms with Crippen molar-refractivity contribution in [2.75, 3.05) is 14.2 Å². The maximum atomic E-state index is 9.17. The molecule has 0 radical (unpaired) electrons. The first-order valence-corrected chi connectivity index (χ1v) is 25.7. The van der Waals surface area contributed by atoms with Crippen molar-refractivity contribution in [1.29, 1.82) is 0 Å². The van der Waals surface area contributed by atoms with Crippen molar-refractivity contribution in [3.05, 3.63) is 218 Å². The van der Waals surface area contributed by atoms with Crippen LogP contribution in [0.2, 0.25) is 25.2 Å². The Labute approximate surface area is 469 Å². The molecule has 0 atom stereocenters. The second-order valence-electron chi connectivity index (χ2n) is 13.5. The Hall–Kier alpha value is -4.23. The number of pyridine rings is 4. The van der Waals surface area contributed by atoms with Crippen LogP contribution in [0.4, 0.5) is 0 Å². The van der Waals surface area contributed by atoms with Gasteiger partial charge in [0.1, 0.15) is 5.15 Å². The molecular weight excluding hydrogens is 1120 g/mol. The summed E-state index contributed by atoms with van der Waals surface area (Å²) in [7, 11) is 8.63. The van der Waals surface area contributed by atoms with Gasteiger partial charge in [0.05, 0.1) is 36.9 Å². The lowest BCUT2D eigenvalue weighted by molar-refractivity contribution is 0.185. The molecule has 0 unspecified atom stereocenters. The summed E-state index contributed by atoms with van der Waals surface area (Å²) >= 11 is 34.4. The van der Waals surface area contributed by atoms with Gasteiger partial charge >= 0.3 is 7.12 Å². The number of ether oxygens (including phenoxy) is 1. The van der Waals surface area contributed by atoms with E-state index in [2.05, 4.69) is 41.3 Å². The van der Waals surface area contributed by atoms with Gasteiger partial charge in [0.25, 0.3) is 0 Å². The van der Waals surface area contributed by atoms with Crippen LogP contribution >= 0.6 is 91.0 Å². The van der Waals surface area contributed by atoms with E-state index in [-0.39, 0.29) is 28.1 Å². The summed E-state index contributed by atoms with van der Waals surface area (Å²) in [5, 5.41) is 45.1. The Morgan fingerprint density at radius 2 is 0.795 bits per heavy atom. The molecule has 21 heteroatoms. The number of nitrogens with zero attached hydrogens (tertiary/aromatic N) is 4. The fourth-order valence-corrected chi connectivity index (χ4v) is 6.50. The average Bonchev–Trinajstić information content (AvgIpc) is 3.39. The second-order valence-corrected chi connectivity index (χ2v) is 18.4. The molecule has 0 bridgehead atoms. The molecule has 4 heterocycles. The summed E-state index contributed by atoms with van der Waals surface area (Å²) in [6.45, 7) is 0.504. The molecule has 5 N–H and O–H groups in total. The van der Waals surface area contributed by atoms with Gasteiger partial charge in [-0.2, -0.15) is 0 Å². The molecule has 0 spiro atoms. The Morgan fingerprint density at radius 1 is 0.493 bits per heavy atom. The lowest BCUT2D eigenvalue weighted by Crippen LogP contribution is -2.29. The molecule has 73 heavy (non-hydrogen) atoms. The Kier molecular flexibility index (Phi) is 37.8. The third-order valence-corrected chi connectivity index (χ3v) is 10.5. The van der Waals surface area contributed by atoms with Gasteiger partial charge < -0.3 is 30.1 Å². The zero-order valence-corrected chi connectivity index (χ0v) is 44.7. The topological polar surface area (TPSA) is 179 Å². The smallest absolute Gasteiger partial charge is 0.423 e. The minimum absolute atomic E-state index is 0. The van der Waals surface area contributed by atoms with E-state index in [1.54, 1.807) is 68.3 Å². The lowest BCUT2D eigenvalue weighted by atomic mass is 9.81. The molecule has 0 aliphatic carbocycles. The molecule has 4 aromatic carbocycles. The van der Waals surface area contributed by atoms with Gasteiger partial charge in [0.2, 0.25) is 9.23 Å². The highest BCUT2D eigenvalue weighted by molar-refractivity contribution is 8.26. The second kappa shape index (κ2) is 40.1. The standard InChI is InChI=1S/C13H12ClNO.C12H9Cl2N.C12H10ClNO.C6H6BClO2.C6H6ClNO.CH4O.2CH4.Cl2OS/c1-16-9-11-3-2-8-15-13(11)10-4-6-12(14)7-5-10;13-8-10-2-1-7-15-12(10)9-3-5-11(14)6-4-9;13-11-5-3-9(4-6-11)12-10(8-15)2-1-7-14-12;8-6-3-1-5(2-4-6)7(9)10;7-6-5(4-9)2-1-3-8-6;1-2;;;1-4(2)3/h2-8H,9H2,1H3;1-7H,8H2;1-7,15H,8H2;1-4,9-10H;1-3,9H,4H2;2H,1H3;2*1H4;. The van der Waals surface area contributed by atoms with E-state index >= 15 is 0 Å². The predicted molar refractivity (Wildman–Crippen MR) is 308 cm³/mol. The minimum Gasteiger partial charge on any atom is -0.423 e. The van der Waals surface area contributed by atoms with Crippen LogP contribution in [0.15, 0.2) is 170 Å². The van der Waals surface area contributed by atoms with Crippen LogP contribution in [-0.2, 0) is 39.7 Å². The Morgan fingerprint density at radius 3 is 1.11 bits per heavy atom. The number of methoxy groups -OCH3 is 1. The fraction of sp³-hybridized carbons (Fsp3) is 0.154. The number of rotatable bonds is 9. The first kappa shape index (κ1) is 68.8. The molecule has 4 aromatic heterocycles. The van der Waals surface area contributed by atoms with E-state index < -0.39 is 16.3 Å². The van der Waals surface area contributed by atoms with Crippen molar-refractivity contribution >= 4 is 113 Å². The van der Waals surface area contributed by atoms with Crippen LogP contribution < -0.4 is 5.46 Å². The molecular formula is C52H55BCl8N4O7S. The lowest BCUT2D eigenvalue weighted by Gasteiger charge is -2.07. The number of alkyl halides is 1. The molecule has 0 saturated heterocycles. The number of aromatic nitrogens is 4. The average molecular weight is 1170 g/mol. The van der Waals surface area contributed by atoms with Crippen molar-refractivity contribution in [1.82, 2.24) is 19.9 Å². The monoisotopic (exact) mass is 1170 g/mol. The molecule has 0 aliphatic rings. The molecule has 0 aliphatic heterocycles. The van der Waals surface area contributed by atoms with Gasteiger partial charge in [0.15, 0.2) is 0 Å².